The minimum atomic E-state index is -4.60. The average Bonchev–Trinajstić information content (AvgIpc) is 2.76. The van der Waals surface area contributed by atoms with Gasteiger partial charge in [0.25, 0.3) is 0 Å². The third kappa shape index (κ3) is 6.94. The van der Waals surface area contributed by atoms with Gasteiger partial charge in [-0.05, 0) is 44.2 Å². The smallest absolute Gasteiger partial charge is 0.325 e. The highest BCUT2D eigenvalue weighted by Crippen LogP contribution is 2.36. The fourth-order valence-corrected chi connectivity index (χ4v) is 4.14. The van der Waals surface area contributed by atoms with Crippen LogP contribution in [0, 0.1) is 0 Å². The second kappa shape index (κ2) is 11.2. The Balaban J connectivity index is 1.49. The van der Waals surface area contributed by atoms with Crippen LogP contribution in [-0.4, -0.2) is 66.9 Å². The van der Waals surface area contributed by atoms with E-state index in [9.17, 15) is 22.8 Å². The Morgan fingerprint density at radius 3 is 2.15 bits per heavy atom. The summed E-state index contributed by atoms with van der Waals surface area (Å²) in [5, 5.41) is 2.09. The van der Waals surface area contributed by atoms with Crippen molar-refractivity contribution in [3.8, 4) is 0 Å². The molecule has 0 radical (unpaired) electrons. The summed E-state index contributed by atoms with van der Waals surface area (Å²) in [7, 11) is 0. The first kappa shape index (κ1) is 26.0. The molecule has 0 aromatic heterocycles. The van der Waals surface area contributed by atoms with Crippen molar-refractivity contribution in [3.63, 3.8) is 0 Å². The number of alkyl halides is 3. The number of carbonyl (C=O) groups excluding carboxylic acids is 2. The van der Waals surface area contributed by atoms with Crippen molar-refractivity contribution in [3.05, 3.63) is 59.1 Å². The van der Waals surface area contributed by atoms with Crippen molar-refractivity contribution in [1.29, 1.82) is 0 Å². The van der Waals surface area contributed by atoms with Gasteiger partial charge < -0.3 is 10.2 Å². The fourth-order valence-electron chi connectivity index (χ4n) is 3.92. The quantitative estimate of drug-likeness (QED) is 0.619. The van der Waals surface area contributed by atoms with E-state index in [1.165, 1.54) is 6.07 Å². The van der Waals surface area contributed by atoms with Crippen LogP contribution in [0.1, 0.15) is 19.4 Å². The largest absolute Gasteiger partial charge is 0.417 e. The number of rotatable bonds is 7. The maximum atomic E-state index is 13.0. The van der Waals surface area contributed by atoms with E-state index < -0.39 is 22.7 Å². The zero-order valence-electron chi connectivity index (χ0n) is 19.1. The molecule has 2 aromatic rings. The number of halogens is 4. The summed E-state index contributed by atoms with van der Waals surface area (Å²) < 4.78 is 39.1. The number of amides is 2. The van der Waals surface area contributed by atoms with Crippen LogP contribution in [0.4, 0.5) is 24.5 Å². The standard InChI is InChI=1S/C24H28ClF3N4O2/c1-17(2)32(19-6-4-3-5-7-19)23(34)16-31-12-10-30(11-13-31)15-22(33)29-18-8-9-21(25)20(14-18)24(26,27)28/h3-9,14,17H,10-13,15-16H2,1-2H3,(H,29,33). The first-order valence-corrected chi connectivity index (χ1v) is 11.4. The third-order valence-corrected chi connectivity index (χ3v) is 5.90. The van der Waals surface area contributed by atoms with Crippen LogP contribution in [0.25, 0.3) is 0 Å². The zero-order valence-corrected chi connectivity index (χ0v) is 19.9. The van der Waals surface area contributed by atoms with Crippen LogP contribution in [-0.2, 0) is 15.8 Å². The summed E-state index contributed by atoms with van der Waals surface area (Å²) >= 11 is 5.62. The fraction of sp³-hybridized carbons (Fsp3) is 0.417. The second-order valence-electron chi connectivity index (χ2n) is 8.49. The van der Waals surface area contributed by atoms with E-state index in [4.69, 9.17) is 11.6 Å². The van der Waals surface area contributed by atoms with Gasteiger partial charge in [0.2, 0.25) is 11.8 Å². The molecule has 10 heteroatoms. The molecule has 0 spiro atoms. The molecular formula is C24H28ClF3N4O2. The average molecular weight is 497 g/mol. The lowest BCUT2D eigenvalue weighted by Crippen LogP contribution is -2.52. The van der Waals surface area contributed by atoms with E-state index in [0.29, 0.717) is 26.2 Å². The number of carbonyl (C=O) groups is 2. The number of nitrogens with one attached hydrogen (secondary N) is 1. The number of piperazine rings is 1. The molecule has 3 rings (SSSR count). The Morgan fingerprint density at radius 1 is 1.00 bits per heavy atom. The molecule has 1 heterocycles. The Bertz CT molecular complexity index is 993. The van der Waals surface area contributed by atoms with Crippen molar-refractivity contribution in [2.24, 2.45) is 0 Å². The number of nitrogens with zero attached hydrogens (tertiary/aromatic N) is 3. The first-order valence-electron chi connectivity index (χ1n) is 11.0. The van der Waals surface area contributed by atoms with Crippen LogP contribution in [0.3, 0.4) is 0 Å². The van der Waals surface area contributed by atoms with Gasteiger partial charge in [0.05, 0.1) is 23.7 Å². The molecule has 1 aliphatic heterocycles. The molecule has 2 amide bonds. The summed E-state index contributed by atoms with van der Waals surface area (Å²) in [5.41, 5.74) is -0.0921. The molecule has 6 nitrogen and oxygen atoms in total. The van der Waals surface area contributed by atoms with Gasteiger partial charge >= 0.3 is 6.18 Å². The lowest BCUT2D eigenvalue weighted by atomic mass is 10.2. The zero-order chi connectivity index (χ0) is 24.9. The summed E-state index contributed by atoms with van der Waals surface area (Å²) in [4.78, 5) is 31.1. The normalized spacial score (nSPS) is 15.4. The number of hydrogen-bond donors (Lipinski definition) is 1. The van der Waals surface area contributed by atoms with Crippen LogP contribution < -0.4 is 10.2 Å². The predicted molar refractivity (Wildman–Crippen MR) is 127 cm³/mol. The minimum Gasteiger partial charge on any atom is -0.325 e. The second-order valence-corrected chi connectivity index (χ2v) is 8.89. The minimum absolute atomic E-state index is 0.00982. The van der Waals surface area contributed by atoms with Crippen molar-refractivity contribution < 1.29 is 22.8 Å². The first-order chi connectivity index (χ1) is 16.0. The summed E-state index contributed by atoms with van der Waals surface area (Å²) in [5.74, 6) is -0.398. The van der Waals surface area contributed by atoms with E-state index in [2.05, 4.69) is 5.32 Å². The number of anilines is 2. The molecular weight excluding hydrogens is 469 g/mol. The maximum absolute atomic E-state index is 13.0. The van der Waals surface area contributed by atoms with E-state index in [1.807, 2.05) is 54.0 Å². The molecule has 1 N–H and O–H groups in total. The molecule has 0 aliphatic carbocycles. The molecule has 34 heavy (non-hydrogen) atoms. The van der Waals surface area contributed by atoms with Crippen LogP contribution in [0.2, 0.25) is 5.02 Å². The highest BCUT2D eigenvalue weighted by Gasteiger charge is 2.33. The highest BCUT2D eigenvalue weighted by molar-refractivity contribution is 6.31. The van der Waals surface area contributed by atoms with E-state index in [1.54, 1.807) is 4.90 Å². The lowest BCUT2D eigenvalue weighted by molar-refractivity contribution is -0.137. The molecule has 0 atom stereocenters. The molecule has 0 saturated carbocycles. The number of hydrogen-bond acceptors (Lipinski definition) is 4. The monoisotopic (exact) mass is 496 g/mol. The molecule has 184 valence electrons. The molecule has 0 bridgehead atoms. The molecule has 1 saturated heterocycles. The van der Waals surface area contributed by atoms with Crippen LogP contribution in [0.15, 0.2) is 48.5 Å². The van der Waals surface area contributed by atoms with Crippen LogP contribution in [0.5, 0.6) is 0 Å². The predicted octanol–water partition coefficient (Wildman–Crippen LogP) is 4.36. The lowest BCUT2D eigenvalue weighted by Gasteiger charge is -2.35. The van der Waals surface area contributed by atoms with Gasteiger partial charge in [0.15, 0.2) is 0 Å². The Hall–Kier alpha value is -2.62. The SMILES string of the molecule is CC(C)N(C(=O)CN1CCN(CC(=O)Nc2ccc(Cl)c(C(F)(F)F)c2)CC1)c1ccccc1. The topological polar surface area (TPSA) is 55.9 Å². The molecule has 1 fully saturated rings. The third-order valence-electron chi connectivity index (χ3n) is 5.57. The Morgan fingerprint density at radius 2 is 1.59 bits per heavy atom. The molecule has 0 unspecified atom stereocenters. The highest BCUT2D eigenvalue weighted by atomic mass is 35.5. The molecule has 1 aliphatic rings. The van der Waals surface area contributed by atoms with Gasteiger partial charge in [-0.15, -0.1) is 0 Å². The van der Waals surface area contributed by atoms with Crippen molar-refractivity contribution in [1.82, 2.24) is 9.80 Å². The van der Waals surface area contributed by atoms with Crippen LogP contribution >= 0.6 is 11.6 Å². The van der Waals surface area contributed by atoms with E-state index in [-0.39, 0.29) is 30.7 Å². The molecule has 2 aromatic carbocycles. The van der Waals surface area contributed by atoms with Gasteiger partial charge in [-0.25, -0.2) is 0 Å². The van der Waals surface area contributed by atoms with Gasteiger partial charge in [-0.2, -0.15) is 13.2 Å². The summed E-state index contributed by atoms with van der Waals surface area (Å²) in [6, 6.07) is 12.8. The van der Waals surface area contributed by atoms with Crippen molar-refractivity contribution in [2.45, 2.75) is 26.1 Å². The van der Waals surface area contributed by atoms with E-state index in [0.717, 1.165) is 17.8 Å². The number of para-hydroxylation sites is 1. The summed E-state index contributed by atoms with van der Waals surface area (Å²) in [6.07, 6.45) is -4.60. The number of benzene rings is 2. The van der Waals surface area contributed by atoms with Gasteiger partial charge in [-0.3, -0.25) is 19.4 Å². The Kier molecular flexibility index (Phi) is 8.57. The van der Waals surface area contributed by atoms with Crippen molar-refractivity contribution in [2.75, 3.05) is 49.5 Å². The van der Waals surface area contributed by atoms with Gasteiger partial charge in [0.1, 0.15) is 0 Å². The van der Waals surface area contributed by atoms with E-state index >= 15 is 0 Å². The summed E-state index contributed by atoms with van der Waals surface area (Å²) in [6.45, 7) is 6.63. The Labute approximate surface area is 202 Å². The van der Waals surface area contributed by atoms with Gasteiger partial charge in [-0.1, -0.05) is 29.8 Å². The van der Waals surface area contributed by atoms with Gasteiger partial charge in [0, 0.05) is 43.6 Å². The van der Waals surface area contributed by atoms with Crippen molar-refractivity contribution >= 4 is 34.8 Å². The maximum Gasteiger partial charge on any atom is 0.417 e.